The number of hydrogen-bond donors (Lipinski definition) is 2. The zero-order valence-electron chi connectivity index (χ0n) is 3.16. The molecule has 0 atom stereocenters. The molecule has 7 heteroatoms. The highest BCUT2D eigenvalue weighted by Crippen LogP contribution is 1.75. The molecule has 3 N–H and O–H groups in total. The molecule has 0 aliphatic carbocycles. The molecule has 0 fully saturated rings. The molecular weight excluding hydrogens is 122 g/mol. The summed E-state index contributed by atoms with van der Waals surface area (Å²) in [5, 5.41) is 0. The number of nitrogens with one attached hydrogen (secondary N) is 1. The topological polar surface area (TPSA) is 102 Å². The standard InChI is InChI=1S/H3N3O3S/c1-2-7(5,6)3-4/h2H,1H2. The average Bonchev–Trinajstić information content (AvgIpc) is 1.68. The van der Waals surface area contributed by atoms with E-state index in [2.05, 4.69) is 5.84 Å². The summed E-state index contributed by atoms with van der Waals surface area (Å²) in [5.74, 6) is 4.29. The minimum absolute atomic E-state index is 1.18. The van der Waals surface area contributed by atoms with E-state index in [1.807, 2.05) is 0 Å². The Bertz CT molecular complexity index is 144. The van der Waals surface area contributed by atoms with Crippen LogP contribution in [0.2, 0.25) is 0 Å². The largest absolute Gasteiger partial charge is 0.366 e. The van der Waals surface area contributed by atoms with Crippen molar-refractivity contribution in [1.82, 2.24) is 4.83 Å². The summed E-state index contributed by atoms with van der Waals surface area (Å²) in [6.45, 7) is 0. The van der Waals surface area contributed by atoms with Crippen LogP contribution in [0.5, 0.6) is 0 Å². The Hall–Kier alpha value is -0.530. The molecule has 0 spiro atoms. The first-order valence-electron chi connectivity index (χ1n) is 1.19. The zero-order valence-corrected chi connectivity index (χ0v) is 3.97. The van der Waals surface area contributed by atoms with E-state index in [-0.39, 0.29) is 0 Å². The van der Waals surface area contributed by atoms with Crippen molar-refractivity contribution in [3.05, 3.63) is 4.91 Å². The summed E-state index contributed by atoms with van der Waals surface area (Å²) in [6.07, 6.45) is 0. The van der Waals surface area contributed by atoms with Crippen LogP contribution < -0.4 is 10.7 Å². The Labute approximate surface area is 39.8 Å². The lowest BCUT2D eigenvalue weighted by Crippen LogP contribution is -2.27. The molecule has 0 aromatic carbocycles. The van der Waals surface area contributed by atoms with Crippen LogP contribution in [0.1, 0.15) is 0 Å². The highest BCUT2D eigenvalue weighted by atomic mass is 32.2. The molecule has 0 aromatic heterocycles. The van der Waals surface area contributed by atoms with E-state index in [0.717, 1.165) is 0 Å². The van der Waals surface area contributed by atoms with Crippen LogP contribution in [0.15, 0.2) is 4.58 Å². The molecule has 0 saturated heterocycles. The monoisotopic (exact) mass is 125 g/mol. The van der Waals surface area contributed by atoms with Gasteiger partial charge in [-0.15, -0.1) is 9.74 Å². The van der Waals surface area contributed by atoms with Crippen LogP contribution in [0.25, 0.3) is 0 Å². The molecule has 0 aliphatic rings. The number of nitrogens with zero attached hydrogens (tertiary/aromatic N) is 1. The summed E-state index contributed by atoms with van der Waals surface area (Å²) in [4.78, 5) is 10.3. The smallest absolute Gasteiger partial charge is 0.256 e. The third-order valence-corrected chi connectivity index (χ3v) is 0.741. The van der Waals surface area contributed by atoms with Crippen molar-refractivity contribution in [2.24, 2.45) is 10.4 Å². The molecule has 7 heavy (non-hydrogen) atoms. The van der Waals surface area contributed by atoms with Gasteiger partial charge in [0.05, 0.1) is 4.58 Å². The van der Waals surface area contributed by atoms with Gasteiger partial charge in [-0.05, 0) is 0 Å². The summed E-state index contributed by atoms with van der Waals surface area (Å²) in [7, 11) is -4.06. The van der Waals surface area contributed by atoms with Crippen molar-refractivity contribution in [1.29, 1.82) is 0 Å². The molecule has 0 amide bonds. The summed E-state index contributed by atoms with van der Waals surface area (Å²) in [6, 6.07) is 0. The normalized spacial score (nSPS) is 11.0. The molecule has 0 bridgehead atoms. The van der Waals surface area contributed by atoms with Crippen LogP contribution in [0, 0.1) is 4.91 Å². The fraction of sp³-hybridized carbons (Fsp3) is 0. The number of hydrogen-bond acceptors (Lipinski definition) is 4. The molecular formula is H3N3O3S. The molecule has 42 valence electrons. The molecule has 0 aliphatic heterocycles. The molecule has 0 unspecified atom stereocenters. The van der Waals surface area contributed by atoms with Gasteiger partial charge in [-0.2, -0.15) is 8.42 Å². The number of hydrazine groups is 1. The number of rotatable bonds is 2. The van der Waals surface area contributed by atoms with Crippen LogP contribution in [0.4, 0.5) is 0 Å². The predicted molar refractivity (Wildman–Crippen MR) is 22.0 cm³/mol. The Balaban J connectivity index is 4.17. The molecule has 0 aromatic rings. The van der Waals surface area contributed by atoms with Gasteiger partial charge in [0.25, 0.3) is 0 Å². The van der Waals surface area contributed by atoms with Crippen LogP contribution in [-0.2, 0) is 10.2 Å². The second kappa shape index (κ2) is 1.96. The van der Waals surface area contributed by atoms with Crippen molar-refractivity contribution in [3.8, 4) is 0 Å². The first-order valence-corrected chi connectivity index (χ1v) is 2.63. The first-order chi connectivity index (χ1) is 3.12. The van der Waals surface area contributed by atoms with Crippen LogP contribution in [0.3, 0.4) is 0 Å². The number of nitroso groups, excluding NO2 is 1. The van der Waals surface area contributed by atoms with E-state index in [9.17, 15) is 8.42 Å². The lowest BCUT2D eigenvalue weighted by molar-refractivity contribution is 0.585. The quantitative estimate of drug-likeness (QED) is 0.265. The Kier molecular flexibility index (Phi) is 1.81. The van der Waals surface area contributed by atoms with Gasteiger partial charge in [-0.1, -0.05) is 0 Å². The fourth-order valence-electron chi connectivity index (χ4n) is 0.0215. The molecule has 0 saturated carbocycles. The highest BCUT2D eigenvalue weighted by molar-refractivity contribution is 7.87. The summed E-state index contributed by atoms with van der Waals surface area (Å²) in [5.41, 5.74) is 0. The fourth-order valence-corrected chi connectivity index (χ4v) is 0.0645. The van der Waals surface area contributed by atoms with Crippen molar-refractivity contribution in [2.45, 2.75) is 0 Å². The first kappa shape index (κ1) is 6.47. The van der Waals surface area contributed by atoms with Crippen LogP contribution >= 0.6 is 0 Å². The maximum absolute atomic E-state index is 9.65. The van der Waals surface area contributed by atoms with Crippen molar-refractivity contribution in [3.63, 3.8) is 0 Å². The maximum atomic E-state index is 9.65. The van der Waals surface area contributed by atoms with Gasteiger partial charge in [0, 0.05) is 0 Å². The van der Waals surface area contributed by atoms with Gasteiger partial charge in [-0.25, -0.2) is 0 Å². The van der Waals surface area contributed by atoms with Gasteiger partial charge in [0.15, 0.2) is 0 Å². The van der Waals surface area contributed by atoms with E-state index in [1.165, 1.54) is 4.83 Å². The van der Waals surface area contributed by atoms with Crippen LogP contribution in [-0.4, -0.2) is 8.42 Å². The van der Waals surface area contributed by atoms with Gasteiger partial charge in [0.2, 0.25) is 0 Å². The van der Waals surface area contributed by atoms with E-state index < -0.39 is 10.2 Å². The molecule has 0 heterocycles. The Morgan fingerprint density at radius 2 is 2.00 bits per heavy atom. The van der Waals surface area contributed by atoms with Gasteiger partial charge in [0.1, 0.15) is 0 Å². The predicted octanol–water partition coefficient (Wildman–Crippen LogP) is -1.54. The van der Waals surface area contributed by atoms with Crippen molar-refractivity contribution >= 4 is 10.2 Å². The second-order valence-corrected chi connectivity index (χ2v) is 2.00. The van der Waals surface area contributed by atoms with Gasteiger partial charge < -0.3 is 0 Å². The summed E-state index contributed by atoms with van der Waals surface area (Å²) < 4.78 is 20.9. The molecule has 0 radical (unpaired) electrons. The molecule has 6 nitrogen and oxygen atoms in total. The maximum Gasteiger partial charge on any atom is 0.366 e. The lowest BCUT2D eigenvalue weighted by atomic mass is 13.0. The molecule has 0 rings (SSSR count). The Morgan fingerprint density at radius 3 is 2.00 bits per heavy atom. The average molecular weight is 125 g/mol. The van der Waals surface area contributed by atoms with Crippen molar-refractivity contribution < 1.29 is 8.42 Å². The zero-order chi connectivity index (χ0) is 5.91. The SMILES string of the molecule is NNS(=O)(=O)N=O. The van der Waals surface area contributed by atoms with E-state index >= 15 is 0 Å². The third kappa shape index (κ3) is 2.20. The lowest BCUT2D eigenvalue weighted by Gasteiger charge is -1.82. The van der Waals surface area contributed by atoms with E-state index in [0.29, 0.717) is 0 Å². The minimum Gasteiger partial charge on any atom is -0.256 e. The summed E-state index contributed by atoms with van der Waals surface area (Å²) >= 11 is 0. The Morgan fingerprint density at radius 1 is 1.57 bits per heavy atom. The van der Waals surface area contributed by atoms with E-state index in [1.54, 1.807) is 4.58 Å². The number of nitrogens with two attached hydrogens (primary N) is 1. The second-order valence-electron chi connectivity index (χ2n) is 0.667. The van der Waals surface area contributed by atoms with E-state index in [4.69, 9.17) is 4.91 Å². The van der Waals surface area contributed by atoms with Crippen molar-refractivity contribution in [2.75, 3.05) is 0 Å². The minimum atomic E-state index is -4.06. The third-order valence-electron chi connectivity index (χ3n) is 0.247. The van der Waals surface area contributed by atoms with Gasteiger partial charge in [-0.3, -0.25) is 5.84 Å². The van der Waals surface area contributed by atoms with Gasteiger partial charge >= 0.3 is 10.2 Å². The highest BCUT2D eigenvalue weighted by Gasteiger charge is 2.01.